The SMILES string of the molecule is CNC(=O)O[C@@H]1OC(=O)[C@H]2C3C=CC(C3)[C@@H]12. The van der Waals surface area contributed by atoms with Crippen molar-refractivity contribution >= 4 is 12.1 Å². The lowest BCUT2D eigenvalue weighted by molar-refractivity contribution is -0.158. The summed E-state index contributed by atoms with van der Waals surface area (Å²) in [5, 5.41) is 2.36. The maximum Gasteiger partial charge on any atom is 0.409 e. The van der Waals surface area contributed by atoms with Crippen molar-refractivity contribution in [3.05, 3.63) is 12.2 Å². The first-order chi connectivity index (χ1) is 7.70. The molecule has 2 bridgehead atoms. The molecule has 0 aromatic rings. The number of amides is 1. The molecule has 5 heteroatoms. The van der Waals surface area contributed by atoms with Gasteiger partial charge in [-0.15, -0.1) is 0 Å². The molecule has 0 aromatic carbocycles. The topological polar surface area (TPSA) is 64.6 Å². The van der Waals surface area contributed by atoms with E-state index in [1.807, 2.05) is 0 Å². The summed E-state index contributed by atoms with van der Waals surface area (Å²) in [4.78, 5) is 22.8. The van der Waals surface area contributed by atoms with Crippen LogP contribution in [-0.4, -0.2) is 25.4 Å². The van der Waals surface area contributed by atoms with E-state index in [1.165, 1.54) is 7.05 Å². The number of fused-ring (bicyclic) bond motifs is 5. The van der Waals surface area contributed by atoms with Gasteiger partial charge in [0, 0.05) is 7.05 Å². The van der Waals surface area contributed by atoms with Crippen LogP contribution in [0.4, 0.5) is 4.79 Å². The third-order valence-electron chi connectivity index (χ3n) is 3.77. The van der Waals surface area contributed by atoms with Gasteiger partial charge in [-0.1, -0.05) is 12.2 Å². The first kappa shape index (κ1) is 9.69. The molecule has 0 aromatic heterocycles. The Kier molecular flexibility index (Phi) is 1.96. The van der Waals surface area contributed by atoms with Crippen LogP contribution in [0.25, 0.3) is 0 Å². The van der Waals surface area contributed by atoms with E-state index in [4.69, 9.17) is 9.47 Å². The number of cyclic esters (lactones) is 1. The molecular weight excluding hydrogens is 210 g/mol. The Morgan fingerprint density at radius 2 is 2.25 bits per heavy atom. The summed E-state index contributed by atoms with van der Waals surface area (Å²) in [6.07, 6.45) is 3.91. The van der Waals surface area contributed by atoms with Gasteiger partial charge in [-0.25, -0.2) is 4.79 Å². The minimum atomic E-state index is -0.711. The Balaban J connectivity index is 1.80. The molecule has 2 fully saturated rings. The minimum absolute atomic E-state index is 0.0137. The molecule has 86 valence electrons. The van der Waals surface area contributed by atoms with Gasteiger partial charge in [0.2, 0.25) is 0 Å². The van der Waals surface area contributed by atoms with Crippen molar-refractivity contribution in [3.63, 3.8) is 0 Å². The number of hydrogen-bond acceptors (Lipinski definition) is 4. The lowest BCUT2D eigenvalue weighted by Crippen LogP contribution is -2.32. The average molecular weight is 223 g/mol. The smallest absolute Gasteiger partial charge is 0.409 e. The van der Waals surface area contributed by atoms with E-state index in [1.54, 1.807) is 0 Å². The van der Waals surface area contributed by atoms with E-state index < -0.39 is 12.4 Å². The second kappa shape index (κ2) is 3.23. The number of ether oxygens (including phenoxy) is 2. The zero-order valence-corrected chi connectivity index (χ0v) is 8.88. The highest BCUT2D eigenvalue weighted by molar-refractivity contribution is 5.77. The summed E-state index contributed by atoms with van der Waals surface area (Å²) in [5.41, 5.74) is 0. The lowest BCUT2D eigenvalue weighted by atomic mass is 9.85. The van der Waals surface area contributed by atoms with Crippen molar-refractivity contribution in [1.82, 2.24) is 5.32 Å². The lowest BCUT2D eigenvalue weighted by Gasteiger charge is -2.21. The Morgan fingerprint density at radius 1 is 1.50 bits per heavy atom. The van der Waals surface area contributed by atoms with Gasteiger partial charge in [0.15, 0.2) is 0 Å². The molecule has 5 atom stereocenters. The highest BCUT2D eigenvalue weighted by Gasteiger charge is 2.59. The minimum Gasteiger partial charge on any atom is -0.424 e. The van der Waals surface area contributed by atoms with Gasteiger partial charge < -0.3 is 14.8 Å². The number of hydrogen-bond donors (Lipinski definition) is 1. The van der Waals surface area contributed by atoms with Crippen LogP contribution in [0.5, 0.6) is 0 Å². The zero-order valence-electron chi connectivity index (χ0n) is 8.88. The zero-order chi connectivity index (χ0) is 11.3. The fraction of sp³-hybridized carbons (Fsp3) is 0.636. The molecule has 3 rings (SSSR count). The monoisotopic (exact) mass is 223 g/mol. The molecule has 16 heavy (non-hydrogen) atoms. The molecule has 1 saturated heterocycles. The molecule has 0 radical (unpaired) electrons. The van der Waals surface area contributed by atoms with Gasteiger partial charge >= 0.3 is 12.1 Å². The Morgan fingerprint density at radius 3 is 3.00 bits per heavy atom. The number of esters is 1. The van der Waals surface area contributed by atoms with Gasteiger partial charge in [-0.3, -0.25) is 4.79 Å². The van der Waals surface area contributed by atoms with E-state index in [-0.39, 0.29) is 23.7 Å². The largest absolute Gasteiger partial charge is 0.424 e. The van der Waals surface area contributed by atoms with Crippen LogP contribution < -0.4 is 5.32 Å². The van der Waals surface area contributed by atoms with Crippen molar-refractivity contribution in [2.45, 2.75) is 12.7 Å². The maximum atomic E-state index is 11.7. The molecular formula is C11H13NO4. The summed E-state index contributed by atoms with van der Waals surface area (Å²) in [7, 11) is 1.48. The molecule has 3 aliphatic rings. The maximum absolute atomic E-state index is 11.7. The molecule has 1 saturated carbocycles. The van der Waals surface area contributed by atoms with E-state index in [0.29, 0.717) is 5.92 Å². The second-order valence-electron chi connectivity index (χ2n) is 4.51. The first-order valence-electron chi connectivity index (χ1n) is 5.48. The quantitative estimate of drug-likeness (QED) is 0.524. The second-order valence-corrected chi connectivity index (χ2v) is 4.51. The Bertz CT molecular complexity index is 378. The number of carbonyl (C=O) groups excluding carboxylic acids is 2. The molecule has 2 unspecified atom stereocenters. The summed E-state index contributed by atoms with van der Waals surface area (Å²) in [5.74, 6) is 0.275. The van der Waals surface area contributed by atoms with Crippen molar-refractivity contribution in [1.29, 1.82) is 0 Å². The van der Waals surface area contributed by atoms with E-state index in [9.17, 15) is 9.59 Å². The van der Waals surface area contributed by atoms with E-state index in [2.05, 4.69) is 17.5 Å². The predicted molar refractivity (Wildman–Crippen MR) is 53.1 cm³/mol. The summed E-state index contributed by atoms with van der Waals surface area (Å²) < 4.78 is 10.2. The van der Waals surface area contributed by atoms with Gasteiger partial charge in [0.25, 0.3) is 6.29 Å². The van der Waals surface area contributed by atoms with E-state index >= 15 is 0 Å². The van der Waals surface area contributed by atoms with Crippen LogP contribution in [0.1, 0.15) is 6.42 Å². The molecule has 1 heterocycles. The molecule has 5 nitrogen and oxygen atoms in total. The van der Waals surface area contributed by atoms with Crippen LogP contribution in [0.3, 0.4) is 0 Å². The highest BCUT2D eigenvalue weighted by atomic mass is 16.7. The van der Waals surface area contributed by atoms with Gasteiger partial charge in [-0.2, -0.15) is 0 Å². The Hall–Kier alpha value is -1.52. The summed E-state index contributed by atoms with van der Waals surface area (Å²) in [6, 6.07) is 0. The van der Waals surface area contributed by atoms with Crippen molar-refractivity contribution in [2.24, 2.45) is 23.7 Å². The van der Waals surface area contributed by atoms with Crippen LogP contribution in [0, 0.1) is 23.7 Å². The van der Waals surface area contributed by atoms with Crippen LogP contribution in [-0.2, 0) is 14.3 Å². The summed E-state index contributed by atoms with van der Waals surface area (Å²) >= 11 is 0. The van der Waals surface area contributed by atoms with Gasteiger partial charge in [0.1, 0.15) is 0 Å². The molecule has 1 N–H and O–H groups in total. The van der Waals surface area contributed by atoms with Crippen molar-refractivity contribution < 1.29 is 19.1 Å². The number of carbonyl (C=O) groups is 2. The third kappa shape index (κ3) is 1.17. The molecule has 0 spiro atoms. The standard InChI is InChI=1S/C11H13NO4/c1-12-11(14)16-10-8-6-3-2-5(4-6)7(8)9(13)15-10/h2-3,5-8,10H,4H2,1H3,(H,12,14)/t5?,6?,7-,8+,10-/m0/s1. The number of rotatable bonds is 1. The molecule has 1 aliphatic heterocycles. The first-order valence-corrected chi connectivity index (χ1v) is 5.48. The van der Waals surface area contributed by atoms with E-state index in [0.717, 1.165) is 6.42 Å². The fourth-order valence-corrected chi connectivity index (χ4v) is 3.10. The number of allylic oxidation sites excluding steroid dienone is 2. The van der Waals surface area contributed by atoms with Gasteiger partial charge in [0.05, 0.1) is 11.8 Å². The van der Waals surface area contributed by atoms with Crippen LogP contribution in [0.15, 0.2) is 12.2 Å². The van der Waals surface area contributed by atoms with Crippen LogP contribution >= 0.6 is 0 Å². The van der Waals surface area contributed by atoms with Crippen molar-refractivity contribution in [3.8, 4) is 0 Å². The average Bonchev–Trinajstić information content (AvgIpc) is 2.92. The third-order valence-corrected chi connectivity index (χ3v) is 3.77. The Labute approximate surface area is 92.8 Å². The number of nitrogens with one attached hydrogen (secondary N) is 1. The highest BCUT2D eigenvalue weighted by Crippen LogP contribution is 2.53. The predicted octanol–water partition coefficient (Wildman–Crippen LogP) is 0.664. The summed E-state index contributed by atoms with van der Waals surface area (Å²) in [6.45, 7) is 0. The normalized spacial score (nSPS) is 43.1. The van der Waals surface area contributed by atoms with Crippen molar-refractivity contribution in [2.75, 3.05) is 7.05 Å². The van der Waals surface area contributed by atoms with Crippen LogP contribution in [0.2, 0.25) is 0 Å². The molecule has 1 amide bonds. The number of alkyl carbamates (subject to hydrolysis) is 1. The van der Waals surface area contributed by atoms with Gasteiger partial charge in [-0.05, 0) is 18.3 Å². The molecule has 2 aliphatic carbocycles. The fourth-order valence-electron chi connectivity index (χ4n) is 3.10.